The Labute approximate surface area is 277 Å². The minimum Gasteiger partial charge on any atom is -0.358 e. The molecule has 0 unspecified atom stereocenters. The quantitative estimate of drug-likeness (QED) is 0.206. The summed E-state index contributed by atoms with van der Waals surface area (Å²) in [4.78, 5) is 10.8. The molecule has 1 N–H and O–H groups in total. The molecule has 3 heterocycles. The number of rotatable bonds is 8. The highest BCUT2D eigenvalue weighted by Crippen LogP contribution is 2.65. The Kier molecular flexibility index (Phi) is 12.8. The molecule has 0 aromatic heterocycles. The highest BCUT2D eigenvalue weighted by atomic mass is 32.9. The summed E-state index contributed by atoms with van der Waals surface area (Å²) >= 11 is 12.0. The first-order chi connectivity index (χ1) is 20.2. The van der Waals surface area contributed by atoms with Gasteiger partial charge >= 0.3 is 0 Å². The third kappa shape index (κ3) is 8.89. The predicted molar refractivity (Wildman–Crippen MR) is 191 cm³/mol. The van der Waals surface area contributed by atoms with Gasteiger partial charge in [0.2, 0.25) is 11.6 Å². The molecule has 250 valence electrons. The van der Waals surface area contributed by atoms with E-state index in [4.69, 9.17) is 32.7 Å². The van der Waals surface area contributed by atoms with Crippen LogP contribution in [-0.4, -0.2) is 86.2 Å². The van der Waals surface area contributed by atoms with Crippen molar-refractivity contribution in [3.63, 3.8) is 0 Å². The third-order valence-electron chi connectivity index (χ3n) is 11.7. The lowest BCUT2D eigenvalue weighted by Gasteiger charge is -2.57. The van der Waals surface area contributed by atoms with Crippen molar-refractivity contribution in [3.05, 3.63) is 0 Å². The van der Waals surface area contributed by atoms with Crippen LogP contribution in [0.15, 0.2) is 0 Å². The maximum absolute atomic E-state index is 10.8. The van der Waals surface area contributed by atoms with Gasteiger partial charge < -0.3 is 14.4 Å². The Balaban J connectivity index is 0.000000158. The van der Waals surface area contributed by atoms with E-state index >= 15 is 0 Å². The van der Waals surface area contributed by atoms with Gasteiger partial charge in [-0.25, -0.2) is 14.0 Å². The fraction of sp³-hybridized carbons (Fsp3) is 0.968. The Morgan fingerprint density at radius 1 is 0.860 bits per heavy atom. The molecule has 3 saturated carbocycles. The van der Waals surface area contributed by atoms with E-state index in [2.05, 4.69) is 53.9 Å². The molecule has 0 radical (unpaired) electrons. The number of carbonyl (C=O) groups excluding carboxylic acids is 1. The summed E-state index contributed by atoms with van der Waals surface area (Å²) in [7, 11) is 4.55. The van der Waals surface area contributed by atoms with E-state index in [1.165, 1.54) is 116 Å². The standard InChI is InChI=1S/C20H36.C6H12N3PS.C5H12NO3PS2/c1-14-7-6-11-20(5)12-10-17-15(2)8-9-16(13-18(14)20)19(17,3)4;11-10(7-1-2-7,8-3-4-8)9-5-6-9;1-6-5(7)4-12-10(11,8-2)9-3/h14-18H,6-13H2,1-5H3;1-6H2;4H2,1-3H3,(H,6,7)/t14-,15-,16+,17+,18-,20+;;/m1../s1. The van der Waals surface area contributed by atoms with E-state index in [-0.39, 0.29) is 11.7 Å². The van der Waals surface area contributed by atoms with E-state index < -0.39 is 12.2 Å². The monoisotopic (exact) mass is 694 g/mol. The topological polar surface area (TPSA) is 56.6 Å². The number of hydrogen-bond acceptors (Lipinski definition) is 6. The Hall–Kier alpha value is 0.920. The molecule has 0 aromatic carbocycles. The summed E-state index contributed by atoms with van der Waals surface area (Å²) in [5.74, 6) is 5.11. The molecule has 0 aromatic rings. The first-order valence-electron chi connectivity index (χ1n) is 16.7. The van der Waals surface area contributed by atoms with Crippen molar-refractivity contribution < 1.29 is 13.8 Å². The lowest BCUT2D eigenvalue weighted by Crippen LogP contribution is -2.48. The van der Waals surface area contributed by atoms with Crippen molar-refractivity contribution in [2.75, 3.05) is 66.3 Å². The van der Waals surface area contributed by atoms with Gasteiger partial charge in [0, 0.05) is 60.5 Å². The normalized spacial score (nSPS) is 35.5. The van der Waals surface area contributed by atoms with Crippen LogP contribution >= 0.6 is 23.6 Å². The second-order valence-electron chi connectivity index (χ2n) is 14.7. The van der Waals surface area contributed by atoms with Crippen LogP contribution in [0.4, 0.5) is 0 Å². The van der Waals surface area contributed by atoms with Crippen molar-refractivity contribution in [1.29, 1.82) is 0 Å². The first-order valence-corrected chi connectivity index (χ1v) is 23.6. The van der Waals surface area contributed by atoms with Crippen LogP contribution in [0.2, 0.25) is 0 Å². The Morgan fingerprint density at radius 3 is 1.88 bits per heavy atom. The fourth-order valence-electron chi connectivity index (χ4n) is 8.51. The van der Waals surface area contributed by atoms with Gasteiger partial charge in [-0.1, -0.05) is 65.3 Å². The molecule has 7 nitrogen and oxygen atoms in total. The SMILES string of the molecule is CNC(=O)CSP(=S)(OC)OC.C[C@@H]1CCC[C@@]2(C)CC[C@H]3[C@H](C)CC[C@@H](C[C@H]12)C3(C)C.S=P(N1CC1)(N1CC1)N1CC1. The average Bonchev–Trinajstić information content (AvgIpc) is 3.82. The minimum absolute atomic E-state index is 0.0803. The number of nitrogens with one attached hydrogen (secondary N) is 1. The summed E-state index contributed by atoms with van der Waals surface area (Å²) in [6.45, 7) is 19.2. The minimum atomic E-state index is -2.26. The van der Waals surface area contributed by atoms with Crippen molar-refractivity contribution in [2.24, 2.45) is 40.4 Å². The van der Waals surface area contributed by atoms with E-state index in [1.54, 1.807) is 7.05 Å². The van der Waals surface area contributed by atoms with Crippen molar-refractivity contribution in [3.8, 4) is 0 Å². The van der Waals surface area contributed by atoms with Gasteiger partial charge in [-0.15, -0.1) is 0 Å². The highest BCUT2D eigenvalue weighted by Gasteiger charge is 2.52. The highest BCUT2D eigenvalue weighted by molar-refractivity contribution is 8.68. The summed E-state index contributed by atoms with van der Waals surface area (Å²) in [5.41, 5.74) is -0.997. The molecule has 6 atom stereocenters. The molecule has 1 amide bonds. The molecule has 6 rings (SSSR count). The second kappa shape index (κ2) is 15.0. The van der Waals surface area contributed by atoms with Gasteiger partial charge in [0.25, 0.3) is 0 Å². The van der Waals surface area contributed by atoms with Gasteiger partial charge in [0.1, 0.15) is 6.49 Å². The zero-order valence-corrected chi connectivity index (χ0v) is 32.4. The van der Waals surface area contributed by atoms with Crippen molar-refractivity contribution >= 4 is 53.1 Å². The van der Waals surface area contributed by atoms with Crippen LogP contribution in [0.5, 0.6) is 0 Å². The van der Waals surface area contributed by atoms with E-state index in [1.807, 2.05) is 0 Å². The van der Waals surface area contributed by atoms with Gasteiger partial charge in [-0.05, 0) is 96.1 Å². The molecule has 6 fully saturated rings. The summed E-state index contributed by atoms with van der Waals surface area (Å²) in [6, 6.07) is 0. The van der Waals surface area contributed by atoms with Crippen LogP contribution in [0.1, 0.15) is 86.0 Å². The van der Waals surface area contributed by atoms with E-state index in [9.17, 15) is 4.79 Å². The molecule has 43 heavy (non-hydrogen) atoms. The lowest BCUT2D eigenvalue weighted by molar-refractivity contribution is -0.118. The number of amides is 1. The van der Waals surface area contributed by atoms with Crippen LogP contribution in [0, 0.1) is 40.4 Å². The number of fused-ring (bicyclic) bond motifs is 3. The van der Waals surface area contributed by atoms with Gasteiger partial charge in [0.15, 0.2) is 0 Å². The molecule has 12 heteroatoms. The average molecular weight is 695 g/mol. The smallest absolute Gasteiger partial charge is 0.247 e. The molecular formula is C31H60N4O3P2S3. The zero-order valence-electron chi connectivity index (χ0n) is 28.2. The molecule has 6 aliphatic rings. The maximum Gasteiger partial charge on any atom is 0.247 e. The summed E-state index contributed by atoms with van der Waals surface area (Å²) < 4.78 is 17.4. The number of hydrogen-bond donors (Lipinski definition) is 1. The van der Waals surface area contributed by atoms with Crippen LogP contribution in [0.25, 0.3) is 0 Å². The third-order valence-corrected chi connectivity index (χ3v) is 22.8. The Morgan fingerprint density at radius 2 is 1.40 bits per heavy atom. The van der Waals surface area contributed by atoms with Crippen molar-refractivity contribution in [2.45, 2.75) is 86.0 Å². The van der Waals surface area contributed by atoms with E-state index in [0.717, 1.165) is 29.6 Å². The van der Waals surface area contributed by atoms with Crippen LogP contribution in [-0.2, 0) is 37.5 Å². The first kappa shape index (κ1) is 36.8. The molecule has 2 bridgehead atoms. The van der Waals surface area contributed by atoms with Gasteiger partial charge in [-0.2, -0.15) is 0 Å². The van der Waals surface area contributed by atoms with Gasteiger partial charge in [-0.3, -0.25) is 4.79 Å². The number of carbonyl (C=O) groups is 1. The van der Waals surface area contributed by atoms with E-state index in [0.29, 0.717) is 10.8 Å². The Bertz CT molecular complexity index is 1010. The molecular weight excluding hydrogens is 635 g/mol. The van der Waals surface area contributed by atoms with Crippen LogP contribution in [0.3, 0.4) is 0 Å². The maximum atomic E-state index is 10.8. The molecule has 3 aliphatic carbocycles. The zero-order chi connectivity index (χ0) is 31.6. The van der Waals surface area contributed by atoms with Crippen molar-refractivity contribution in [1.82, 2.24) is 19.3 Å². The predicted octanol–water partition coefficient (Wildman–Crippen LogP) is 7.44. The molecule has 3 saturated heterocycles. The van der Waals surface area contributed by atoms with Gasteiger partial charge in [0.05, 0.1) is 5.75 Å². The summed E-state index contributed by atoms with van der Waals surface area (Å²) in [6.07, 6.45) is 12.0. The fourth-order valence-corrected chi connectivity index (χ4v) is 15.6. The summed E-state index contributed by atoms with van der Waals surface area (Å²) in [5, 5.41) is 2.49. The molecule has 0 spiro atoms. The largest absolute Gasteiger partial charge is 0.358 e. The number of nitrogens with zero attached hydrogens (tertiary/aromatic N) is 3. The second-order valence-corrected chi connectivity index (χ2v) is 25.4. The molecule has 3 aliphatic heterocycles. The van der Waals surface area contributed by atoms with Crippen LogP contribution < -0.4 is 5.32 Å². The lowest BCUT2D eigenvalue weighted by atomic mass is 9.48.